The average molecular weight is 709 g/mol. The van der Waals surface area contributed by atoms with Crippen molar-refractivity contribution >= 4 is 22.3 Å². The van der Waals surface area contributed by atoms with Crippen molar-refractivity contribution in [2.24, 2.45) is 0 Å². The van der Waals surface area contributed by atoms with Crippen LogP contribution < -0.4 is 21.4 Å². The molecular formula is C50H52N4. The molecule has 0 unspecified atom stereocenters. The second-order valence-corrected chi connectivity index (χ2v) is 14.5. The van der Waals surface area contributed by atoms with Gasteiger partial charge in [-0.15, -0.1) is 0 Å². The van der Waals surface area contributed by atoms with Crippen LogP contribution in [-0.4, -0.2) is 19.9 Å². The fraction of sp³-hybridized carbons (Fsp3) is 0.280. The molecule has 7 rings (SSSR count). The molecule has 0 fully saturated rings. The van der Waals surface area contributed by atoms with E-state index in [0.717, 1.165) is 105 Å². The Labute approximate surface area is 320 Å². The zero-order chi connectivity index (χ0) is 37.3. The first kappa shape index (κ1) is 36.5. The quantitative estimate of drug-likeness (QED) is 0.103. The van der Waals surface area contributed by atoms with E-state index in [2.05, 4.69) is 168 Å². The third-order valence-corrected chi connectivity index (χ3v) is 10.3. The molecule has 272 valence electrons. The van der Waals surface area contributed by atoms with Gasteiger partial charge in [0.15, 0.2) is 0 Å². The fourth-order valence-electron chi connectivity index (χ4n) is 7.30. The number of nitrogens with one attached hydrogen (secondary N) is 4. The highest BCUT2D eigenvalue weighted by Crippen LogP contribution is 2.22. The van der Waals surface area contributed by atoms with Crippen LogP contribution in [0.25, 0.3) is 22.3 Å². The lowest BCUT2D eigenvalue weighted by Gasteiger charge is -2.05. The normalized spacial score (nSPS) is 12.4. The first-order chi connectivity index (χ1) is 26.6. The molecule has 2 aromatic carbocycles. The largest absolute Gasteiger partial charge is 0.354 e. The molecule has 0 saturated heterocycles. The summed E-state index contributed by atoms with van der Waals surface area (Å²) in [5.41, 5.74) is 13.3. The number of unbranched alkanes of at least 4 members (excludes halogenated alkanes) is 2. The molecule has 0 aliphatic carbocycles. The Bertz CT molecular complexity index is 2410. The van der Waals surface area contributed by atoms with Crippen LogP contribution in [0.2, 0.25) is 0 Å². The Balaban J connectivity index is 1.41. The number of fused-ring (bicyclic) bond motifs is 8. The van der Waals surface area contributed by atoms with Crippen LogP contribution in [0, 0.1) is 23.7 Å². The number of aromatic nitrogens is 4. The van der Waals surface area contributed by atoms with Gasteiger partial charge in [-0.25, -0.2) is 0 Å². The second-order valence-electron chi connectivity index (χ2n) is 14.5. The molecule has 6 aromatic rings. The van der Waals surface area contributed by atoms with Gasteiger partial charge in [-0.1, -0.05) is 101 Å². The van der Waals surface area contributed by atoms with Crippen LogP contribution >= 0.6 is 0 Å². The van der Waals surface area contributed by atoms with Gasteiger partial charge in [-0.3, -0.25) is 0 Å². The van der Waals surface area contributed by atoms with Gasteiger partial charge in [0.05, 0.1) is 33.2 Å². The molecule has 0 amide bonds. The molecule has 4 aromatic heterocycles. The maximum Gasteiger partial charge on any atom is 0.0719 e. The molecule has 5 heterocycles. The van der Waals surface area contributed by atoms with Crippen LogP contribution in [-0.2, 0) is 12.8 Å². The highest BCUT2D eigenvalue weighted by molar-refractivity contribution is 5.80. The molecule has 1 aliphatic heterocycles. The third kappa shape index (κ3) is 8.35. The van der Waals surface area contributed by atoms with E-state index in [9.17, 15) is 0 Å². The molecule has 4 nitrogen and oxygen atoms in total. The van der Waals surface area contributed by atoms with E-state index in [1.54, 1.807) is 0 Å². The molecule has 54 heavy (non-hydrogen) atoms. The van der Waals surface area contributed by atoms with Gasteiger partial charge in [0.1, 0.15) is 0 Å². The van der Waals surface area contributed by atoms with Gasteiger partial charge in [0.25, 0.3) is 0 Å². The van der Waals surface area contributed by atoms with Gasteiger partial charge in [0, 0.05) is 33.2 Å². The summed E-state index contributed by atoms with van der Waals surface area (Å²) in [6.07, 6.45) is 10.9. The standard InChI is InChI=1S/C50H52N4/c1-5-9-13-35-15-19-37(20-16-35)23-25-41-47-31-27-43(51-47)39(11-7-3)45-29-33-49(53-45)42(26-24-38-21-17-36(18-22-38)14-10-6-2)50-34-30-46(54-50)40(12-8-4)44-28-32-48(41)52-44/h15-22,27-34,51-54H,5-14H2,1-4H3. The predicted octanol–water partition coefficient (Wildman–Crippen LogP) is 8.50. The van der Waals surface area contributed by atoms with Crippen molar-refractivity contribution in [2.45, 2.75) is 91.9 Å². The Hall–Kier alpha value is -5.84. The molecular weight excluding hydrogens is 657 g/mol. The lowest BCUT2D eigenvalue weighted by Crippen LogP contribution is -2.17. The summed E-state index contributed by atoms with van der Waals surface area (Å²) in [5, 5.41) is 4.18. The first-order valence-electron chi connectivity index (χ1n) is 20.0. The summed E-state index contributed by atoms with van der Waals surface area (Å²) in [6.45, 7) is 8.94. The van der Waals surface area contributed by atoms with Gasteiger partial charge < -0.3 is 19.9 Å². The van der Waals surface area contributed by atoms with Crippen molar-refractivity contribution < 1.29 is 0 Å². The van der Waals surface area contributed by atoms with Crippen molar-refractivity contribution in [2.75, 3.05) is 0 Å². The third-order valence-electron chi connectivity index (χ3n) is 10.3. The SMILES string of the molecule is CCCCc1ccc(C#CC2=c3ccc([nH]3)=C(CCC)c3ccc([nH]3)C(C#Cc3ccc(CCCC)cc3)=c3ccc([nH]3)=C(CCC)c3ccc2[nH]3)cc1. The monoisotopic (exact) mass is 708 g/mol. The lowest BCUT2D eigenvalue weighted by atomic mass is 10.1. The number of rotatable bonds is 10. The van der Waals surface area contributed by atoms with E-state index in [-0.39, 0.29) is 0 Å². The van der Waals surface area contributed by atoms with Gasteiger partial charge in [-0.05, 0) is 134 Å². The predicted molar refractivity (Wildman–Crippen MR) is 225 cm³/mol. The maximum atomic E-state index is 3.79. The molecule has 0 saturated carbocycles. The Kier molecular flexibility index (Phi) is 11.7. The van der Waals surface area contributed by atoms with Crippen molar-refractivity contribution in [1.29, 1.82) is 0 Å². The summed E-state index contributed by atoms with van der Waals surface area (Å²) in [6, 6.07) is 35.0. The van der Waals surface area contributed by atoms with E-state index in [1.807, 2.05) is 0 Å². The topological polar surface area (TPSA) is 63.2 Å². The smallest absolute Gasteiger partial charge is 0.0719 e. The minimum Gasteiger partial charge on any atom is -0.354 e. The first-order valence-corrected chi connectivity index (χ1v) is 20.0. The molecule has 0 spiro atoms. The van der Waals surface area contributed by atoms with E-state index >= 15 is 0 Å². The highest BCUT2D eigenvalue weighted by atomic mass is 14.8. The van der Waals surface area contributed by atoms with Crippen molar-refractivity contribution in [1.82, 2.24) is 19.9 Å². The van der Waals surface area contributed by atoms with E-state index in [0.29, 0.717) is 0 Å². The number of hydrogen-bond donors (Lipinski definition) is 4. The Morgan fingerprint density at radius 1 is 0.352 bits per heavy atom. The molecule has 1 aliphatic rings. The summed E-state index contributed by atoms with van der Waals surface area (Å²) >= 11 is 0. The number of H-pyrrole nitrogens is 4. The minimum atomic E-state index is 0.922. The van der Waals surface area contributed by atoms with E-state index in [1.165, 1.54) is 48.0 Å². The number of benzene rings is 2. The molecule has 0 atom stereocenters. The maximum absolute atomic E-state index is 3.79. The number of aryl methyl sites for hydroxylation is 2. The van der Waals surface area contributed by atoms with Gasteiger partial charge in [-0.2, -0.15) is 0 Å². The van der Waals surface area contributed by atoms with Crippen LogP contribution in [0.5, 0.6) is 0 Å². The lowest BCUT2D eigenvalue weighted by molar-refractivity contribution is 0.795. The van der Waals surface area contributed by atoms with Crippen LogP contribution in [0.1, 0.15) is 124 Å². The Morgan fingerprint density at radius 2 is 0.741 bits per heavy atom. The molecule has 4 N–H and O–H groups in total. The molecule has 0 radical (unpaired) electrons. The second kappa shape index (κ2) is 17.3. The minimum absolute atomic E-state index is 0.922. The zero-order valence-electron chi connectivity index (χ0n) is 32.3. The molecule has 4 heteroatoms. The average Bonchev–Trinajstić information content (AvgIpc) is 4.04. The molecule has 8 bridgehead atoms. The van der Waals surface area contributed by atoms with Crippen molar-refractivity contribution in [3.63, 3.8) is 0 Å². The van der Waals surface area contributed by atoms with E-state index in [4.69, 9.17) is 0 Å². The summed E-state index contributed by atoms with van der Waals surface area (Å²) in [4.78, 5) is 15.2. The van der Waals surface area contributed by atoms with Crippen molar-refractivity contribution in [3.05, 3.63) is 163 Å². The van der Waals surface area contributed by atoms with Crippen molar-refractivity contribution in [3.8, 4) is 23.7 Å². The summed E-state index contributed by atoms with van der Waals surface area (Å²) in [5.74, 6) is 14.2. The van der Waals surface area contributed by atoms with Crippen LogP contribution in [0.4, 0.5) is 0 Å². The fourth-order valence-corrected chi connectivity index (χ4v) is 7.30. The van der Waals surface area contributed by atoms with Crippen LogP contribution in [0.3, 0.4) is 0 Å². The van der Waals surface area contributed by atoms with E-state index < -0.39 is 0 Å². The highest BCUT2D eigenvalue weighted by Gasteiger charge is 2.14. The summed E-state index contributed by atoms with van der Waals surface area (Å²) < 4.78 is 0. The zero-order valence-corrected chi connectivity index (χ0v) is 32.3. The van der Waals surface area contributed by atoms with Gasteiger partial charge >= 0.3 is 0 Å². The number of hydrogen-bond acceptors (Lipinski definition) is 0. The van der Waals surface area contributed by atoms with Gasteiger partial charge in [0.2, 0.25) is 0 Å². The van der Waals surface area contributed by atoms with Crippen LogP contribution in [0.15, 0.2) is 97.1 Å². The Morgan fingerprint density at radius 3 is 1.13 bits per heavy atom. The summed E-state index contributed by atoms with van der Waals surface area (Å²) in [7, 11) is 0. The number of aromatic amines is 4.